The van der Waals surface area contributed by atoms with Gasteiger partial charge in [-0.15, -0.1) is 11.3 Å². The fourth-order valence-corrected chi connectivity index (χ4v) is 2.63. The number of rotatable bonds is 2. The van der Waals surface area contributed by atoms with Gasteiger partial charge in [0.25, 0.3) is 0 Å². The highest BCUT2D eigenvalue weighted by Crippen LogP contribution is 2.32. The zero-order chi connectivity index (χ0) is 14.2. The van der Waals surface area contributed by atoms with Crippen molar-refractivity contribution < 1.29 is 13.2 Å². The molecule has 1 aromatic heterocycles. The molecule has 2 nitrogen and oxygen atoms in total. The van der Waals surface area contributed by atoms with E-state index in [1.807, 2.05) is 13.8 Å². The molecule has 0 aliphatic rings. The van der Waals surface area contributed by atoms with E-state index in [1.54, 1.807) is 6.07 Å². The van der Waals surface area contributed by atoms with Gasteiger partial charge in [-0.25, -0.2) is 4.98 Å². The highest BCUT2D eigenvalue weighted by molar-refractivity contribution is 7.11. The van der Waals surface area contributed by atoms with Crippen molar-refractivity contribution in [2.45, 2.75) is 26.1 Å². The highest BCUT2D eigenvalue weighted by Gasteiger charge is 2.31. The molecule has 2 N–H and O–H groups in total. The third kappa shape index (κ3) is 2.96. The zero-order valence-electron chi connectivity index (χ0n) is 10.5. The number of nitrogens with zero attached hydrogens (tertiary/aromatic N) is 1. The third-order valence-electron chi connectivity index (χ3n) is 2.88. The molecule has 0 aliphatic carbocycles. The quantitative estimate of drug-likeness (QED) is 0.911. The maximum Gasteiger partial charge on any atom is 0.416 e. The minimum absolute atomic E-state index is 0.420. The van der Waals surface area contributed by atoms with Gasteiger partial charge in [0, 0.05) is 4.88 Å². The Morgan fingerprint density at radius 2 is 1.95 bits per heavy atom. The van der Waals surface area contributed by atoms with E-state index < -0.39 is 17.8 Å². The number of hydrogen-bond donors (Lipinski definition) is 1. The molecular weight excluding hydrogens is 273 g/mol. The lowest BCUT2D eigenvalue weighted by atomic mass is 10.0. The number of aryl methyl sites for hydroxylation is 2. The molecule has 0 saturated heterocycles. The average Bonchev–Trinajstić information content (AvgIpc) is 2.68. The van der Waals surface area contributed by atoms with Gasteiger partial charge in [0.15, 0.2) is 0 Å². The molecule has 0 spiro atoms. The van der Waals surface area contributed by atoms with Gasteiger partial charge in [-0.3, -0.25) is 0 Å². The molecule has 6 heteroatoms. The van der Waals surface area contributed by atoms with Gasteiger partial charge in [-0.05, 0) is 31.5 Å². The second kappa shape index (κ2) is 4.94. The van der Waals surface area contributed by atoms with Gasteiger partial charge in [0.2, 0.25) is 0 Å². The Morgan fingerprint density at radius 3 is 2.47 bits per heavy atom. The van der Waals surface area contributed by atoms with Crippen LogP contribution in [0.2, 0.25) is 0 Å². The Hall–Kier alpha value is -1.40. The van der Waals surface area contributed by atoms with Crippen molar-refractivity contribution >= 4 is 11.3 Å². The van der Waals surface area contributed by atoms with Crippen LogP contribution in [-0.4, -0.2) is 4.98 Å². The molecule has 0 bridgehead atoms. The largest absolute Gasteiger partial charge is 0.416 e. The summed E-state index contributed by atoms with van der Waals surface area (Å²) in [4.78, 5) is 5.32. The first-order valence-electron chi connectivity index (χ1n) is 5.65. The molecule has 2 rings (SSSR count). The molecule has 19 heavy (non-hydrogen) atoms. The van der Waals surface area contributed by atoms with Crippen LogP contribution in [0.5, 0.6) is 0 Å². The van der Waals surface area contributed by atoms with E-state index in [0.29, 0.717) is 10.6 Å². The number of thiazole rings is 1. The summed E-state index contributed by atoms with van der Waals surface area (Å²) in [5.74, 6) is 0. The van der Waals surface area contributed by atoms with Crippen LogP contribution < -0.4 is 5.73 Å². The van der Waals surface area contributed by atoms with Crippen LogP contribution in [0.25, 0.3) is 0 Å². The molecule has 1 aromatic carbocycles. The minimum atomic E-state index is -4.36. The van der Waals surface area contributed by atoms with Crippen molar-refractivity contribution in [3.63, 3.8) is 0 Å². The van der Waals surface area contributed by atoms with Crippen LogP contribution in [0.3, 0.4) is 0 Å². The summed E-state index contributed by atoms with van der Waals surface area (Å²) in [5.41, 5.74) is 6.59. The summed E-state index contributed by atoms with van der Waals surface area (Å²) in [6.07, 6.45) is -4.36. The fourth-order valence-electron chi connectivity index (χ4n) is 1.68. The number of nitrogens with two attached hydrogens (primary N) is 1. The molecule has 0 amide bonds. The summed E-state index contributed by atoms with van der Waals surface area (Å²) in [6, 6.07) is 4.45. The summed E-state index contributed by atoms with van der Waals surface area (Å²) >= 11 is 1.41. The molecule has 102 valence electrons. The van der Waals surface area contributed by atoms with Gasteiger partial charge in [0.1, 0.15) is 5.01 Å². The second-order valence-corrected chi connectivity index (χ2v) is 5.53. The van der Waals surface area contributed by atoms with Crippen molar-refractivity contribution in [3.8, 4) is 0 Å². The Morgan fingerprint density at radius 1 is 1.26 bits per heavy atom. The maximum absolute atomic E-state index is 12.6. The number of benzene rings is 1. The van der Waals surface area contributed by atoms with E-state index in [0.717, 1.165) is 22.7 Å². The highest BCUT2D eigenvalue weighted by atomic mass is 32.1. The first-order chi connectivity index (χ1) is 8.79. The van der Waals surface area contributed by atoms with Gasteiger partial charge < -0.3 is 5.73 Å². The SMILES string of the molecule is Cc1nc(C(N)c2cccc(C(F)(F)F)c2)sc1C. The standard InChI is InChI=1S/C13H13F3N2S/c1-7-8(2)19-12(18-7)11(17)9-4-3-5-10(6-9)13(14,15)16/h3-6,11H,17H2,1-2H3. The van der Waals surface area contributed by atoms with Crippen LogP contribution >= 0.6 is 11.3 Å². The van der Waals surface area contributed by atoms with E-state index in [2.05, 4.69) is 4.98 Å². The van der Waals surface area contributed by atoms with Gasteiger partial charge in [-0.1, -0.05) is 12.1 Å². The molecule has 0 saturated carbocycles. The van der Waals surface area contributed by atoms with Gasteiger partial charge in [-0.2, -0.15) is 13.2 Å². The summed E-state index contributed by atoms with van der Waals surface area (Å²) in [7, 11) is 0. The lowest BCUT2D eigenvalue weighted by Crippen LogP contribution is -2.13. The van der Waals surface area contributed by atoms with Crippen molar-refractivity contribution in [1.29, 1.82) is 0 Å². The van der Waals surface area contributed by atoms with Crippen LogP contribution in [0.15, 0.2) is 24.3 Å². The summed E-state index contributed by atoms with van der Waals surface area (Å²) in [5, 5.41) is 0.634. The van der Waals surface area contributed by atoms with Crippen molar-refractivity contribution in [1.82, 2.24) is 4.98 Å². The topological polar surface area (TPSA) is 38.9 Å². The normalized spacial score (nSPS) is 13.6. The van der Waals surface area contributed by atoms with E-state index in [1.165, 1.54) is 17.4 Å². The first-order valence-corrected chi connectivity index (χ1v) is 6.47. The summed E-state index contributed by atoms with van der Waals surface area (Å²) in [6.45, 7) is 3.77. The number of halogens is 3. The van der Waals surface area contributed by atoms with E-state index in [4.69, 9.17) is 5.73 Å². The fraction of sp³-hybridized carbons (Fsp3) is 0.308. The molecule has 0 radical (unpaired) electrons. The van der Waals surface area contributed by atoms with Gasteiger partial charge in [0.05, 0.1) is 17.3 Å². The smallest absolute Gasteiger partial charge is 0.318 e. The van der Waals surface area contributed by atoms with Crippen LogP contribution in [0.1, 0.15) is 32.7 Å². The average molecular weight is 286 g/mol. The lowest BCUT2D eigenvalue weighted by molar-refractivity contribution is -0.137. The minimum Gasteiger partial charge on any atom is -0.318 e. The molecule has 2 aromatic rings. The Labute approximate surface area is 113 Å². The Bertz CT molecular complexity index is 570. The monoisotopic (exact) mass is 286 g/mol. The Balaban J connectivity index is 2.36. The van der Waals surface area contributed by atoms with Crippen LogP contribution in [-0.2, 0) is 6.18 Å². The zero-order valence-corrected chi connectivity index (χ0v) is 11.3. The van der Waals surface area contributed by atoms with Crippen molar-refractivity contribution in [3.05, 3.63) is 51.0 Å². The van der Waals surface area contributed by atoms with Gasteiger partial charge >= 0.3 is 6.18 Å². The van der Waals surface area contributed by atoms with E-state index in [-0.39, 0.29) is 0 Å². The van der Waals surface area contributed by atoms with Crippen molar-refractivity contribution in [2.24, 2.45) is 5.73 Å². The van der Waals surface area contributed by atoms with E-state index in [9.17, 15) is 13.2 Å². The molecule has 0 aliphatic heterocycles. The molecule has 0 fully saturated rings. The molecule has 1 heterocycles. The third-order valence-corrected chi connectivity index (χ3v) is 4.04. The predicted octanol–water partition coefficient (Wildman–Crippen LogP) is 3.83. The molecule has 1 unspecified atom stereocenters. The lowest BCUT2D eigenvalue weighted by Gasteiger charge is -2.12. The first kappa shape index (κ1) is 14.0. The maximum atomic E-state index is 12.6. The number of hydrogen-bond acceptors (Lipinski definition) is 3. The van der Waals surface area contributed by atoms with Crippen LogP contribution in [0, 0.1) is 13.8 Å². The Kier molecular flexibility index (Phi) is 3.64. The predicted molar refractivity (Wildman–Crippen MR) is 69.1 cm³/mol. The molecular formula is C13H13F3N2S. The summed E-state index contributed by atoms with van der Waals surface area (Å²) < 4.78 is 37.9. The number of aromatic nitrogens is 1. The van der Waals surface area contributed by atoms with Crippen LogP contribution in [0.4, 0.5) is 13.2 Å². The molecule has 1 atom stereocenters. The van der Waals surface area contributed by atoms with Crippen molar-refractivity contribution in [2.75, 3.05) is 0 Å². The second-order valence-electron chi connectivity index (χ2n) is 4.29. The number of alkyl halides is 3. The van der Waals surface area contributed by atoms with E-state index >= 15 is 0 Å².